The minimum Gasteiger partial charge on any atom is -0.490 e. The molecule has 3 nitrogen and oxygen atoms in total. The molecule has 0 spiro atoms. The first-order valence-corrected chi connectivity index (χ1v) is 7.83. The van der Waals surface area contributed by atoms with Crippen molar-refractivity contribution in [3.05, 3.63) is 15.3 Å². The van der Waals surface area contributed by atoms with Crippen LogP contribution in [0.5, 0.6) is 5.75 Å². The molecule has 0 radical (unpaired) electrons. The minimum absolute atomic E-state index is 0.0662. The van der Waals surface area contributed by atoms with Crippen molar-refractivity contribution in [3.8, 4) is 5.75 Å². The summed E-state index contributed by atoms with van der Waals surface area (Å²) in [5, 5.41) is -0.141. The second-order valence-corrected chi connectivity index (χ2v) is 6.43. The normalized spacial score (nSPS) is 19.3. The van der Waals surface area contributed by atoms with Gasteiger partial charge in [0, 0.05) is 10.4 Å². The van der Waals surface area contributed by atoms with Crippen molar-refractivity contribution < 1.29 is 22.7 Å². The number of carbonyl (C=O) groups is 1. The molecule has 1 aromatic rings. The Hall–Kier alpha value is -0.760. The van der Waals surface area contributed by atoms with Crippen LogP contribution in [-0.4, -0.2) is 35.0 Å². The molecular formula is C12H13BrF3NO2S. The number of hydrogen-bond acceptors (Lipinski definition) is 3. The summed E-state index contributed by atoms with van der Waals surface area (Å²) >= 11 is 4.31. The predicted molar refractivity (Wildman–Crippen MR) is 73.5 cm³/mol. The summed E-state index contributed by atoms with van der Waals surface area (Å²) in [7, 11) is 0. The fraction of sp³-hybridized carbons (Fsp3) is 0.583. The summed E-state index contributed by atoms with van der Waals surface area (Å²) in [6.07, 6.45) is -4.51. The summed E-state index contributed by atoms with van der Waals surface area (Å²) < 4.78 is 44.6. The van der Waals surface area contributed by atoms with Crippen LogP contribution in [0.1, 0.15) is 15.3 Å². The van der Waals surface area contributed by atoms with Crippen LogP contribution in [0.4, 0.5) is 13.2 Å². The number of halogens is 4. The van der Waals surface area contributed by atoms with E-state index >= 15 is 0 Å². The minimum atomic E-state index is -4.51. The van der Waals surface area contributed by atoms with Crippen molar-refractivity contribution in [3.63, 3.8) is 0 Å². The summed E-state index contributed by atoms with van der Waals surface area (Å²) in [6.45, 7) is 3.07. The number of ether oxygens (including phenoxy) is 1. The monoisotopic (exact) mass is 371 g/mol. The molecule has 0 aliphatic carbocycles. The zero-order valence-corrected chi connectivity index (χ0v) is 13.3. The third-order valence-electron chi connectivity index (χ3n) is 3.29. The fourth-order valence-corrected chi connectivity index (χ4v) is 3.54. The lowest BCUT2D eigenvalue weighted by atomic mass is 10.2. The zero-order chi connectivity index (χ0) is 15.1. The Morgan fingerprint density at radius 1 is 1.50 bits per heavy atom. The Labute approximate surface area is 126 Å². The molecule has 1 aliphatic rings. The number of rotatable bonds is 1. The van der Waals surface area contributed by atoms with Crippen molar-refractivity contribution in [2.45, 2.75) is 32.6 Å². The number of nitrogens with zero attached hydrogens (tertiary/aromatic N) is 1. The number of hydrogen-bond donors (Lipinski definition) is 0. The molecule has 0 saturated heterocycles. The lowest BCUT2D eigenvalue weighted by Crippen LogP contribution is -2.51. The van der Waals surface area contributed by atoms with Crippen LogP contribution in [0.15, 0.2) is 0 Å². The molecular weight excluding hydrogens is 359 g/mol. The number of aryl methyl sites for hydroxylation is 1. The molecule has 0 bridgehead atoms. The molecule has 0 aromatic carbocycles. The number of amides is 1. The average molecular weight is 372 g/mol. The van der Waals surface area contributed by atoms with Gasteiger partial charge in [-0.05, 0) is 13.8 Å². The maximum absolute atomic E-state index is 13.1. The van der Waals surface area contributed by atoms with Gasteiger partial charge in [-0.2, -0.15) is 13.2 Å². The molecule has 1 unspecified atom stereocenters. The zero-order valence-electron chi connectivity index (χ0n) is 10.9. The van der Waals surface area contributed by atoms with Gasteiger partial charge in [0.05, 0.1) is 16.8 Å². The van der Waals surface area contributed by atoms with Gasteiger partial charge in [0.1, 0.15) is 12.4 Å². The van der Waals surface area contributed by atoms with Crippen molar-refractivity contribution in [2.24, 2.45) is 0 Å². The molecule has 2 rings (SSSR count). The second-order valence-electron chi connectivity index (χ2n) is 4.56. The van der Waals surface area contributed by atoms with Crippen LogP contribution in [0.3, 0.4) is 0 Å². The van der Waals surface area contributed by atoms with Gasteiger partial charge in [0.2, 0.25) is 5.91 Å². The van der Waals surface area contributed by atoms with Gasteiger partial charge in [0.15, 0.2) is 6.04 Å². The highest BCUT2D eigenvalue weighted by Gasteiger charge is 2.47. The van der Waals surface area contributed by atoms with Crippen LogP contribution < -0.4 is 4.74 Å². The quantitative estimate of drug-likeness (QED) is 0.708. The molecule has 1 aliphatic heterocycles. The molecule has 0 fully saturated rings. The van der Waals surface area contributed by atoms with Crippen molar-refractivity contribution >= 4 is 33.2 Å². The molecule has 1 aromatic heterocycles. The highest BCUT2D eigenvalue weighted by Crippen LogP contribution is 2.39. The molecule has 8 heteroatoms. The van der Waals surface area contributed by atoms with Gasteiger partial charge in [-0.25, -0.2) is 0 Å². The maximum Gasteiger partial charge on any atom is 0.412 e. The van der Waals surface area contributed by atoms with Crippen LogP contribution in [0, 0.1) is 13.8 Å². The third-order valence-corrected chi connectivity index (χ3v) is 4.94. The lowest BCUT2D eigenvalue weighted by Gasteiger charge is -2.30. The van der Waals surface area contributed by atoms with Crippen LogP contribution in [0.25, 0.3) is 0 Å². The summed E-state index contributed by atoms with van der Waals surface area (Å²) in [6, 6.07) is -1.91. The Balaban J connectivity index is 2.40. The van der Waals surface area contributed by atoms with E-state index in [0.29, 0.717) is 10.6 Å². The smallest absolute Gasteiger partial charge is 0.412 e. The Bertz CT molecular complexity index is 530. The molecule has 1 atom stereocenters. The number of carbonyl (C=O) groups excluding carboxylic acids is 1. The summed E-state index contributed by atoms with van der Waals surface area (Å²) in [4.78, 5) is 14.3. The summed E-state index contributed by atoms with van der Waals surface area (Å²) in [5.74, 6) is -0.0981. The first-order valence-electron chi connectivity index (χ1n) is 5.89. The predicted octanol–water partition coefficient (Wildman–Crippen LogP) is 3.41. The lowest BCUT2D eigenvalue weighted by molar-refractivity contribution is -0.194. The molecule has 112 valence electrons. The van der Waals surface area contributed by atoms with E-state index in [1.807, 2.05) is 13.8 Å². The SMILES string of the molecule is Cc1sc2c(c1C)OCC(C(F)(F)F)N(C(=O)CBr)C2. The molecule has 0 saturated carbocycles. The van der Waals surface area contributed by atoms with Gasteiger partial charge in [-0.1, -0.05) is 15.9 Å². The van der Waals surface area contributed by atoms with Crippen LogP contribution >= 0.6 is 27.3 Å². The maximum atomic E-state index is 13.1. The third kappa shape index (κ3) is 2.81. The number of thiophene rings is 1. The van der Waals surface area contributed by atoms with E-state index in [4.69, 9.17) is 4.74 Å². The van der Waals surface area contributed by atoms with Crippen LogP contribution in [0.2, 0.25) is 0 Å². The Morgan fingerprint density at radius 2 is 2.15 bits per heavy atom. The number of alkyl halides is 4. The van der Waals surface area contributed by atoms with Gasteiger partial charge in [0.25, 0.3) is 0 Å². The largest absolute Gasteiger partial charge is 0.490 e. The fourth-order valence-electron chi connectivity index (χ4n) is 2.10. The number of fused-ring (bicyclic) bond motifs is 1. The second kappa shape index (κ2) is 5.55. The van der Waals surface area contributed by atoms with Gasteiger partial charge >= 0.3 is 6.18 Å². The van der Waals surface area contributed by atoms with Gasteiger partial charge in [-0.15, -0.1) is 11.3 Å². The summed E-state index contributed by atoms with van der Waals surface area (Å²) in [5.41, 5.74) is 0.846. The van der Waals surface area contributed by atoms with Gasteiger partial charge in [-0.3, -0.25) is 4.79 Å². The van der Waals surface area contributed by atoms with E-state index in [9.17, 15) is 18.0 Å². The van der Waals surface area contributed by atoms with E-state index in [2.05, 4.69) is 15.9 Å². The molecule has 0 N–H and O–H groups in total. The Morgan fingerprint density at radius 3 is 2.70 bits per heavy atom. The standard InChI is InChI=1S/C12H13BrF3NO2S/c1-6-7(2)20-8-4-17(10(18)3-13)9(12(14,15)16)5-19-11(6)8/h9H,3-5H2,1-2H3. The van der Waals surface area contributed by atoms with E-state index < -0.39 is 24.7 Å². The van der Waals surface area contributed by atoms with Crippen molar-refractivity contribution in [2.75, 3.05) is 11.9 Å². The first kappa shape index (κ1) is 15.6. The average Bonchev–Trinajstić information content (AvgIpc) is 2.54. The van der Waals surface area contributed by atoms with E-state index in [-0.39, 0.29) is 11.9 Å². The van der Waals surface area contributed by atoms with E-state index in [0.717, 1.165) is 15.3 Å². The van der Waals surface area contributed by atoms with Crippen LogP contribution in [-0.2, 0) is 11.3 Å². The molecule has 20 heavy (non-hydrogen) atoms. The molecule has 2 heterocycles. The first-order chi connectivity index (χ1) is 9.25. The highest BCUT2D eigenvalue weighted by atomic mass is 79.9. The van der Waals surface area contributed by atoms with Gasteiger partial charge < -0.3 is 9.64 Å². The van der Waals surface area contributed by atoms with E-state index in [1.54, 1.807) is 0 Å². The van der Waals surface area contributed by atoms with Crippen molar-refractivity contribution in [1.82, 2.24) is 4.90 Å². The topological polar surface area (TPSA) is 29.5 Å². The van der Waals surface area contributed by atoms with Crippen molar-refractivity contribution in [1.29, 1.82) is 0 Å². The molecule has 1 amide bonds. The van der Waals surface area contributed by atoms with E-state index in [1.165, 1.54) is 11.3 Å². The highest BCUT2D eigenvalue weighted by molar-refractivity contribution is 9.09. The Kier molecular flexibility index (Phi) is 4.34.